The first-order valence-electron chi connectivity index (χ1n) is 4.17. The summed E-state index contributed by atoms with van der Waals surface area (Å²) in [7, 11) is 0. The minimum absolute atomic E-state index is 0.391. The van der Waals surface area contributed by atoms with Crippen LogP contribution in [0.1, 0.15) is 6.92 Å². The number of hydrogen-bond acceptors (Lipinski definition) is 5. The van der Waals surface area contributed by atoms with E-state index in [9.17, 15) is 0 Å². The van der Waals surface area contributed by atoms with Crippen LogP contribution in [0.25, 0.3) is 0 Å². The summed E-state index contributed by atoms with van der Waals surface area (Å²) < 4.78 is 6.07. The van der Waals surface area contributed by atoms with Gasteiger partial charge in [-0.05, 0) is 19.1 Å². The van der Waals surface area contributed by atoms with Crippen molar-refractivity contribution in [3.05, 3.63) is 3.95 Å². The standard InChI is InChI=1S/C7H11N3OS2/c1-5-4-11-3-2-10(5)6-8-9-7(12)13-6/h5H,2-4H2,1H3,(H,9,12). The number of H-pyrrole nitrogens is 1. The molecule has 13 heavy (non-hydrogen) atoms. The van der Waals surface area contributed by atoms with Gasteiger partial charge < -0.3 is 9.64 Å². The average molecular weight is 217 g/mol. The molecule has 2 heterocycles. The number of nitrogens with one attached hydrogen (secondary N) is 1. The van der Waals surface area contributed by atoms with Crippen LogP contribution in [0.3, 0.4) is 0 Å². The summed E-state index contributed by atoms with van der Waals surface area (Å²) in [5, 5.41) is 7.91. The molecule has 4 nitrogen and oxygen atoms in total. The van der Waals surface area contributed by atoms with Gasteiger partial charge in [0.15, 0.2) is 3.95 Å². The molecule has 2 rings (SSSR count). The summed E-state index contributed by atoms with van der Waals surface area (Å²) in [4.78, 5) is 2.22. The van der Waals surface area contributed by atoms with E-state index in [4.69, 9.17) is 17.0 Å². The molecule has 1 aliphatic heterocycles. The Hall–Kier alpha value is -0.460. The zero-order valence-corrected chi connectivity index (χ0v) is 8.95. The van der Waals surface area contributed by atoms with Crippen LogP contribution in [0.5, 0.6) is 0 Å². The minimum atomic E-state index is 0.391. The molecule has 1 unspecified atom stereocenters. The fourth-order valence-corrected chi connectivity index (χ4v) is 2.36. The molecule has 1 aromatic rings. The first-order valence-corrected chi connectivity index (χ1v) is 5.40. The number of morpholine rings is 1. The molecule has 0 saturated carbocycles. The quantitative estimate of drug-likeness (QED) is 0.722. The number of anilines is 1. The van der Waals surface area contributed by atoms with E-state index in [2.05, 4.69) is 22.0 Å². The maximum absolute atomic E-state index is 5.34. The molecule has 6 heteroatoms. The van der Waals surface area contributed by atoms with Gasteiger partial charge in [-0.1, -0.05) is 11.3 Å². The Labute approximate surface area is 85.5 Å². The normalized spacial score (nSPS) is 23.5. The van der Waals surface area contributed by atoms with Crippen LogP contribution >= 0.6 is 23.6 Å². The molecule has 0 amide bonds. The highest BCUT2D eigenvalue weighted by molar-refractivity contribution is 7.73. The molecule has 0 spiro atoms. The summed E-state index contributed by atoms with van der Waals surface area (Å²) in [5.41, 5.74) is 0. The van der Waals surface area contributed by atoms with Gasteiger partial charge in [0, 0.05) is 6.54 Å². The van der Waals surface area contributed by atoms with E-state index in [1.807, 2.05) is 0 Å². The van der Waals surface area contributed by atoms with Crippen molar-refractivity contribution in [3.63, 3.8) is 0 Å². The lowest BCUT2D eigenvalue weighted by Crippen LogP contribution is -2.43. The van der Waals surface area contributed by atoms with Gasteiger partial charge in [-0.15, -0.1) is 5.10 Å². The summed E-state index contributed by atoms with van der Waals surface area (Å²) in [6.07, 6.45) is 0. The Kier molecular flexibility index (Phi) is 2.61. The maximum atomic E-state index is 5.34. The molecular formula is C7H11N3OS2. The van der Waals surface area contributed by atoms with E-state index < -0.39 is 0 Å². The fraction of sp³-hybridized carbons (Fsp3) is 0.714. The summed E-state index contributed by atoms with van der Waals surface area (Å²) in [6, 6.07) is 0.391. The number of aromatic amines is 1. The van der Waals surface area contributed by atoms with Crippen LogP contribution in [0, 0.1) is 3.95 Å². The number of rotatable bonds is 1. The van der Waals surface area contributed by atoms with Crippen molar-refractivity contribution in [1.29, 1.82) is 0 Å². The third-order valence-corrected chi connectivity index (χ3v) is 3.17. The summed E-state index contributed by atoms with van der Waals surface area (Å²) >= 11 is 6.50. The zero-order chi connectivity index (χ0) is 9.26. The number of aromatic nitrogens is 2. The van der Waals surface area contributed by atoms with Crippen LogP contribution in [0.2, 0.25) is 0 Å². The van der Waals surface area contributed by atoms with Gasteiger partial charge in [-0.3, -0.25) is 5.10 Å². The molecule has 72 valence electrons. The lowest BCUT2D eigenvalue weighted by Gasteiger charge is -2.32. The topological polar surface area (TPSA) is 41.1 Å². The molecule has 1 N–H and O–H groups in total. The molecule has 0 bridgehead atoms. The molecule has 1 fully saturated rings. The lowest BCUT2D eigenvalue weighted by atomic mass is 10.3. The van der Waals surface area contributed by atoms with Gasteiger partial charge in [0.25, 0.3) is 0 Å². The van der Waals surface area contributed by atoms with Crippen molar-refractivity contribution in [2.24, 2.45) is 0 Å². The third kappa shape index (κ3) is 1.90. The zero-order valence-electron chi connectivity index (χ0n) is 7.32. The van der Waals surface area contributed by atoms with E-state index in [0.29, 0.717) is 6.04 Å². The highest BCUT2D eigenvalue weighted by Crippen LogP contribution is 2.21. The molecule has 1 aliphatic rings. The van der Waals surface area contributed by atoms with Gasteiger partial charge in [-0.25, -0.2) is 0 Å². The van der Waals surface area contributed by atoms with E-state index in [0.717, 1.165) is 28.8 Å². The van der Waals surface area contributed by atoms with Gasteiger partial charge in [0.05, 0.1) is 19.3 Å². The van der Waals surface area contributed by atoms with Crippen molar-refractivity contribution in [2.45, 2.75) is 13.0 Å². The number of nitrogens with zero attached hydrogens (tertiary/aromatic N) is 2. The molecule has 0 aliphatic carbocycles. The third-order valence-electron chi connectivity index (χ3n) is 2.04. The van der Waals surface area contributed by atoms with Crippen LogP contribution in [0.15, 0.2) is 0 Å². The Bertz CT molecular complexity index is 334. The van der Waals surface area contributed by atoms with Crippen LogP contribution < -0.4 is 4.90 Å². The van der Waals surface area contributed by atoms with E-state index >= 15 is 0 Å². The molecule has 1 atom stereocenters. The van der Waals surface area contributed by atoms with E-state index in [-0.39, 0.29) is 0 Å². The second-order valence-corrected chi connectivity index (χ2v) is 4.66. The van der Waals surface area contributed by atoms with Crippen molar-refractivity contribution in [2.75, 3.05) is 24.7 Å². The Morgan fingerprint density at radius 2 is 2.62 bits per heavy atom. The van der Waals surface area contributed by atoms with Gasteiger partial charge in [0.2, 0.25) is 5.13 Å². The SMILES string of the molecule is CC1COCCN1c1n[nH]c(=S)s1. The van der Waals surface area contributed by atoms with Crippen LogP contribution in [-0.4, -0.2) is 36.0 Å². The highest BCUT2D eigenvalue weighted by atomic mass is 32.1. The van der Waals surface area contributed by atoms with E-state index in [1.54, 1.807) is 0 Å². The fourth-order valence-electron chi connectivity index (χ4n) is 1.36. The highest BCUT2D eigenvalue weighted by Gasteiger charge is 2.21. The Morgan fingerprint density at radius 1 is 1.77 bits per heavy atom. The van der Waals surface area contributed by atoms with Crippen molar-refractivity contribution in [3.8, 4) is 0 Å². The first-order chi connectivity index (χ1) is 6.27. The van der Waals surface area contributed by atoms with Crippen LogP contribution in [-0.2, 0) is 4.74 Å². The number of ether oxygens (including phenoxy) is 1. The minimum Gasteiger partial charge on any atom is -0.377 e. The van der Waals surface area contributed by atoms with Gasteiger partial charge >= 0.3 is 0 Å². The molecular weight excluding hydrogens is 206 g/mol. The largest absolute Gasteiger partial charge is 0.377 e. The molecule has 1 aromatic heterocycles. The molecule has 0 aromatic carbocycles. The van der Waals surface area contributed by atoms with Crippen molar-refractivity contribution < 1.29 is 4.74 Å². The first kappa shape index (κ1) is 9.11. The van der Waals surface area contributed by atoms with Crippen molar-refractivity contribution in [1.82, 2.24) is 10.2 Å². The van der Waals surface area contributed by atoms with Gasteiger partial charge in [-0.2, -0.15) is 0 Å². The molecule has 0 radical (unpaired) electrons. The Morgan fingerprint density at radius 3 is 3.23 bits per heavy atom. The monoisotopic (exact) mass is 217 g/mol. The van der Waals surface area contributed by atoms with Gasteiger partial charge in [0.1, 0.15) is 0 Å². The predicted octanol–water partition coefficient (Wildman–Crippen LogP) is 1.43. The Balaban J connectivity index is 2.19. The maximum Gasteiger partial charge on any atom is 0.207 e. The molecule has 1 saturated heterocycles. The smallest absolute Gasteiger partial charge is 0.207 e. The summed E-state index contributed by atoms with van der Waals surface area (Å²) in [5.74, 6) is 0. The second kappa shape index (κ2) is 3.73. The second-order valence-electron chi connectivity index (χ2n) is 3.01. The average Bonchev–Trinajstić information content (AvgIpc) is 2.53. The predicted molar refractivity (Wildman–Crippen MR) is 54.9 cm³/mol. The lowest BCUT2D eigenvalue weighted by molar-refractivity contribution is 0.0988. The summed E-state index contributed by atoms with van der Waals surface area (Å²) in [6.45, 7) is 4.57. The van der Waals surface area contributed by atoms with E-state index in [1.165, 1.54) is 11.3 Å². The van der Waals surface area contributed by atoms with Crippen LogP contribution in [0.4, 0.5) is 5.13 Å². The number of hydrogen-bond donors (Lipinski definition) is 1. The van der Waals surface area contributed by atoms with Crippen molar-refractivity contribution >= 4 is 28.7 Å².